The van der Waals surface area contributed by atoms with Crippen LogP contribution < -0.4 is 21.3 Å². The standard InChI is InChI=1S/C23H23FN6O4S.C3H8O.C2H6/c1-13-18-20(32)29(16-4-3-8-25-19(16)31)23(33)28(22(18)35-21(13)30-26-9-10-27-30)11-7-14-12-15(24)5-6-17(14)34-2;1-2-3-4;1-2/h5-6,9-10,12,16H,3-4,7-8,11H2,1-2H3,(H,25,31);4H,2-3H2,1H3;1-2H3. The van der Waals surface area contributed by atoms with E-state index in [0.717, 1.165) is 11.0 Å². The van der Waals surface area contributed by atoms with E-state index in [-0.39, 0.29) is 18.9 Å². The summed E-state index contributed by atoms with van der Waals surface area (Å²) < 4.78 is 21.8. The van der Waals surface area contributed by atoms with Gasteiger partial charge in [0.05, 0.1) is 24.9 Å². The van der Waals surface area contributed by atoms with Gasteiger partial charge in [-0.2, -0.15) is 10.2 Å². The zero-order chi connectivity index (χ0) is 30.1. The van der Waals surface area contributed by atoms with Gasteiger partial charge in [0, 0.05) is 25.3 Å². The molecule has 1 aliphatic rings. The first-order chi connectivity index (χ1) is 19.8. The van der Waals surface area contributed by atoms with Crippen molar-refractivity contribution in [1.82, 2.24) is 29.4 Å². The normalized spacial score (nSPS) is 14.5. The third-order valence-electron chi connectivity index (χ3n) is 6.46. The number of methoxy groups -OCH3 is 1. The lowest BCUT2D eigenvalue weighted by Gasteiger charge is -2.24. The highest BCUT2D eigenvalue weighted by atomic mass is 32.1. The molecule has 5 rings (SSSR count). The van der Waals surface area contributed by atoms with Crippen molar-refractivity contribution in [3.8, 4) is 10.8 Å². The van der Waals surface area contributed by atoms with Crippen LogP contribution in [-0.2, 0) is 17.8 Å². The predicted octanol–water partition coefficient (Wildman–Crippen LogP) is 3.37. The van der Waals surface area contributed by atoms with Gasteiger partial charge in [0.15, 0.2) is 0 Å². The summed E-state index contributed by atoms with van der Waals surface area (Å²) in [6, 6.07) is 3.31. The number of carbonyl (C=O) groups excluding carboxylic acids is 1. The maximum Gasteiger partial charge on any atom is 0.332 e. The number of fused-ring (bicyclic) bond motifs is 1. The molecule has 1 amide bonds. The summed E-state index contributed by atoms with van der Waals surface area (Å²) in [6.45, 7) is 8.68. The molecule has 11 nitrogen and oxygen atoms in total. The van der Waals surface area contributed by atoms with Crippen LogP contribution in [0.3, 0.4) is 0 Å². The first-order valence-electron chi connectivity index (χ1n) is 13.7. The second-order valence-corrected chi connectivity index (χ2v) is 10.00. The number of nitrogens with zero attached hydrogens (tertiary/aromatic N) is 5. The van der Waals surface area contributed by atoms with Crippen molar-refractivity contribution in [2.45, 2.75) is 66.0 Å². The monoisotopic (exact) mass is 588 g/mol. The Kier molecular flexibility index (Phi) is 11.4. The molecule has 0 aliphatic carbocycles. The minimum absolute atomic E-state index is 0.149. The van der Waals surface area contributed by atoms with Gasteiger partial charge >= 0.3 is 5.69 Å². The van der Waals surface area contributed by atoms with Crippen LogP contribution in [0.2, 0.25) is 0 Å². The van der Waals surface area contributed by atoms with Gasteiger partial charge in [-0.25, -0.2) is 13.8 Å². The van der Waals surface area contributed by atoms with Gasteiger partial charge in [-0.3, -0.25) is 14.2 Å². The molecule has 0 saturated carbocycles. The van der Waals surface area contributed by atoms with E-state index in [1.165, 1.54) is 58.4 Å². The molecule has 3 aromatic heterocycles. The zero-order valence-corrected chi connectivity index (χ0v) is 24.8. The number of aryl methyl sites for hydroxylation is 3. The molecule has 1 aliphatic heterocycles. The number of amides is 1. The van der Waals surface area contributed by atoms with Crippen LogP contribution in [0.1, 0.15) is 57.2 Å². The van der Waals surface area contributed by atoms with Crippen molar-refractivity contribution < 1.29 is 19.0 Å². The molecule has 41 heavy (non-hydrogen) atoms. The Labute approximate surface area is 241 Å². The Bertz CT molecular complexity index is 1580. The maximum absolute atomic E-state index is 13.9. The molecule has 1 saturated heterocycles. The summed E-state index contributed by atoms with van der Waals surface area (Å²) in [5.74, 6) is -0.268. The van der Waals surface area contributed by atoms with E-state index >= 15 is 0 Å². The number of nitrogens with one attached hydrogen (secondary N) is 1. The number of hydrogen-bond acceptors (Lipinski definition) is 8. The summed E-state index contributed by atoms with van der Waals surface area (Å²) >= 11 is 1.22. The van der Waals surface area contributed by atoms with Crippen LogP contribution >= 0.6 is 11.3 Å². The number of hydrogen-bond donors (Lipinski definition) is 2. The number of aliphatic hydroxyl groups excluding tert-OH is 1. The van der Waals surface area contributed by atoms with Crippen LogP contribution in [-0.4, -0.2) is 55.4 Å². The number of aromatic nitrogens is 5. The number of thiophene rings is 1. The molecule has 222 valence electrons. The van der Waals surface area contributed by atoms with Crippen molar-refractivity contribution in [3.63, 3.8) is 0 Å². The van der Waals surface area contributed by atoms with E-state index in [9.17, 15) is 18.8 Å². The smallest absolute Gasteiger partial charge is 0.332 e. The van der Waals surface area contributed by atoms with Crippen molar-refractivity contribution in [1.29, 1.82) is 0 Å². The molecule has 0 spiro atoms. The summed E-state index contributed by atoms with van der Waals surface area (Å²) in [5.41, 5.74) is 0.108. The molecule has 13 heteroatoms. The average Bonchev–Trinajstić information content (AvgIpc) is 3.63. The van der Waals surface area contributed by atoms with E-state index in [0.29, 0.717) is 58.1 Å². The molecular formula is C28H37FN6O5S. The van der Waals surface area contributed by atoms with Crippen molar-refractivity contribution >= 4 is 27.5 Å². The van der Waals surface area contributed by atoms with E-state index in [1.807, 2.05) is 20.8 Å². The molecule has 0 bridgehead atoms. The summed E-state index contributed by atoms with van der Waals surface area (Å²) in [5, 5.41) is 19.9. The Hall–Kier alpha value is -3.84. The number of rotatable bonds is 7. The van der Waals surface area contributed by atoms with Gasteiger partial charge in [-0.15, -0.1) is 4.80 Å². The second-order valence-electron chi connectivity index (χ2n) is 9.02. The predicted molar refractivity (Wildman–Crippen MR) is 157 cm³/mol. The SMILES string of the molecule is CC.CCCO.COc1ccc(F)cc1CCn1c(=O)n(C2CCCNC2=O)c(=O)c2c(C)c(-n3nccn3)sc21. The fraction of sp³-hybridized carbons (Fsp3) is 0.464. The highest BCUT2D eigenvalue weighted by Gasteiger charge is 2.30. The number of halogens is 1. The molecule has 1 unspecified atom stereocenters. The van der Waals surface area contributed by atoms with Gasteiger partial charge in [0.1, 0.15) is 27.4 Å². The highest BCUT2D eigenvalue weighted by molar-refractivity contribution is 7.21. The summed E-state index contributed by atoms with van der Waals surface area (Å²) in [6.07, 6.45) is 5.25. The van der Waals surface area contributed by atoms with Crippen LogP contribution in [0.5, 0.6) is 5.75 Å². The Morgan fingerprint density at radius 2 is 1.88 bits per heavy atom. The third kappa shape index (κ3) is 6.73. The van der Waals surface area contributed by atoms with Crippen LogP contribution in [0.15, 0.2) is 40.2 Å². The van der Waals surface area contributed by atoms with Crippen molar-refractivity contribution in [3.05, 3.63) is 68.4 Å². The van der Waals surface area contributed by atoms with E-state index < -0.39 is 23.1 Å². The third-order valence-corrected chi connectivity index (χ3v) is 7.74. The van der Waals surface area contributed by atoms with Crippen LogP contribution in [0, 0.1) is 12.7 Å². The van der Waals surface area contributed by atoms with Gasteiger partial charge in [0.25, 0.3) is 5.56 Å². The topological polar surface area (TPSA) is 133 Å². The van der Waals surface area contributed by atoms with Crippen LogP contribution in [0.4, 0.5) is 4.39 Å². The fourth-order valence-corrected chi connectivity index (χ4v) is 5.75. The van der Waals surface area contributed by atoms with Gasteiger partial charge in [0.2, 0.25) is 5.91 Å². The van der Waals surface area contributed by atoms with Gasteiger partial charge in [-0.1, -0.05) is 32.1 Å². The Morgan fingerprint density at radius 1 is 1.20 bits per heavy atom. The molecule has 1 aromatic carbocycles. The lowest BCUT2D eigenvalue weighted by Crippen LogP contribution is -2.49. The molecular weight excluding hydrogens is 551 g/mol. The number of aliphatic hydroxyl groups is 1. The highest BCUT2D eigenvalue weighted by Crippen LogP contribution is 2.31. The van der Waals surface area contributed by atoms with E-state index in [2.05, 4.69) is 15.5 Å². The molecule has 1 fully saturated rings. The van der Waals surface area contributed by atoms with Crippen molar-refractivity contribution in [2.24, 2.45) is 0 Å². The first-order valence-corrected chi connectivity index (χ1v) is 14.5. The minimum atomic E-state index is -0.895. The lowest BCUT2D eigenvalue weighted by molar-refractivity contribution is -0.126. The minimum Gasteiger partial charge on any atom is -0.496 e. The van der Waals surface area contributed by atoms with E-state index in [1.54, 1.807) is 6.92 Å². The fourth-order valence-electron chi connectivity index (χ4n) is 4.51. The van der Waals surface area contributed by atoms with Gasteiger partial charge in [-0.05, 0) is 56.4 Å². The quantitative estimate of drug-likeness (QED) is 0.338. The van der Waals surface area contributed by atoms with Gasteiger partial charge < -0.3 is 15.2 Å². The average molecular weight is 589 g/mol. The summed E-state index contributed by atoms with van der Waals surface area (Å²) in [4.78, 5) is 41.8. The number of ether oxygens (including phenoxy) is 1. The maximum atomic E-state index is 13.9. The Morgan fingerprint density at radius 3 is 2.49 bits per heavy atom. The largest absolute Gasteiger partial charge is 0.496 e. The number of carbonyl (C=O) groups is 1. The zero-order valence-electron chi connectivity index (χ0n) is 24.0. The lowest BCUT2D eigenvalue weighted by atomic mass is 10.1. The number of piperidine rings is 1. The molecule has 4 heterocycles. The molecule has 0 radical (unpaired) electrons. The number of benzene rings is 1. The second kappa shape index (κ2) is 14.7. The molecule has 1 atom stereocenters. The summed E-state index contributed by atoms with van der Waals surface area (Å²) in [7, 11) is 1.50. The van der Waals surface area contributed by atoms with E-state index in [4.69, 9.17) is 9.84 Å². The van der Waals surface area contributed by atoms with Crippen LogP contribution in [0.25, 0.3) is 15.2 Å². The molecule has 2 N–H and O–H groups in total. The molecule has 4 aromatic rings. The van der Waals surface area contributed by atoms with Crippen molar-refractivity contribution in [2.75, 3.05) is 20.3 Å². The Balaban J connectivity index is 0.000000710. The first kappa shape index (κ1) is 31.7.